The molecule has 102 valence electrons. The maximum Gasteiger partial charge on any atom is 0.0492 e. The van der Waals surface area contributed by atoms with Gasteiger partial charge in [-0.05, 0) is 18.9 Å². The molecule has 4 nitrogen and oxygen atoms in total. The van der Waals surface area contributed by atoms with Crippen LogP contribution >= 0.6 is 0 Å². The first-order valence-electron chi connectivity index (χ1n) is 7.18. The zero-order valence-electron chi connectivity index (χ0n) is 11.9. The second-order valence-corrected chi connectivity index (χ2v) is 5.27. The first-order valence-corrected chi connectivity index (χ1v) is 7.18. The second-order valence-electron chi connectivity index (χ2n) is 5.27. The van der Waals surface area contributed by atoms with Gasteiger partial charge in [-0.2, -0.15) is 5.10 Å². The third kappa shape index (κ3) is 3.12. The predicted molar refractivity (Wildman–Crippen MR) is 74.6 cm³/mol. The van der Waals surface area contributed by atoms with Crippen LogP contribution in [0.5, 0.6) is 0 Å². The number of hydrogen-bond acceptors (Lipinski definition) is 3. The normalized spacial score (nSPS) is 25.5. The van der Waals surface area contributed by atoms with E-state index in [1.807, 2.05) is 17.9 Å². The molecule has 0 radical (unpaired) electrons. The monoisotopic (exact) mass is 250 g/mol. The largest absolute Gasteiger partial charge is 0.311 e. The number of rotatable bonds is 5. The predicted octanol–water partition coefficient (Wildman–Crippen LogP) is 1.42. The molecular weight excluding hydrogens is 224 g/mol. The molecule has 1 aromatic rings. The smallest absolute Gasteiger partial charge is 0.0492 e. The average Bonchev–Trinajstić information content (AvgIpc) is 2.81. The first kappa shape index (κ1) is 13.6. The minimum absolute atomic E-state index is 0.666. The van der Waals surface area contributed by atoms with Crippen molar-refractivity contribution in [2.45, 2.75) is 45.2 Å². The molecule has 2 rings (SSSR count). The van der Waals surface area contributed by atoms with Gasteiger partial charge in [0.05, 0.1) is 0 Å². The maximum atomic E-state index is 4.24. The van der Waals surface area contributed by atoms with Gasteiger partial charge in [-0.3, -0.25) is 9.58 Å². The van der Waals surface area contributed by atoms with Gasteiger partial charge in [0.15, 0.2) is 0 Å². The molecule has 2 heterocycles. The Morgan fingerprint density at radius 2 is 2.22 bits per heavy atom. The van der Waals surface area contributed by atoms with Gasteiger partial charge in [-0.15, -0.1) is 0 Å². The van der Waals surface area contributed by atoms with Crippen LogP contribution in [0, 0.1) is 0 Å². The summed E-state index contributed by atoms with van der Waals surface area (Å²) < 4.78 is 1.99. The van der Waals surface area contributed by atoms with Gasteiger partial charge >= 0.3 is 0 Å². The van der Waals surface area contributed by atoms with Gasteiger partial charge in [0.25, 0.3) is 0 Å². The van der Waals surface area contributed by atoms with Crippen molar-refractivity contribution in [1.82, 2.24) is 20.0 Å². The molecule has 0 aromatic carbocycles. The SMILES string of the molecule is CCC1CN(CCc2ccnn2C)C(CC)CN1. The highest BCUT2D eigenvalue weighted by atomic mass is 15.3. The van der Waals surface area contributed by atoms with Gasteiger partial charge in [-0.1, -0.05) is 13.8 Å². The van der Waals surface area contributed by atoms with Crippen LogP contribution in [-0.2, 0) is 13.5 Å². The van der Waals surface area contributed by atoms with E-state index in [1.165, 1.54) is 25.1 Å². The van der Waals surface area contributed by atoms with Gasteiger partial charge in [-0.25, -0.2) is 0 Å². The van der Waals surface area contributed by atoms with Crippen LogP contribution in [0.1, 0.15) is 32.4 Å². The Morgan fingerprint density at radius 3 is 2.83 bits per heavy atom. The summed E-state index contributed by atoms with van der Waals surface area (Å²) in [6.45, 7) is 8.03. The van der Waals surface area contributed by atoms with E-state index in [9.17, 15) is 0 Å². The summed E-state index contributed by atoms with van der Waals surface area (Å²) >= 11 is 0. The third-order valence-electron chi connectivity index (χ3n) is 4.16. The Morgan fingerprint density at radius 1 is 1.39 bits per heavy atom. The lowest BCUT2D eigenvalue weighted by atomic mass is 10.0. The van der Waals surface area contributed by atoms with Crippen molar-refractivity contribution in [1.29, 1.82) is 0 Å². The van der Waals surface area contributed by atoms with E-state index in [-0.39, 0.29) is 0 Å². The molecule has 2 atom stereocenters. The van der Waals surface area contributed by atoms with Crippen LogP contribution in [0.4, 0.5) is 0 Å². The second kappa shape index (κ2) is 6.34. The highest BCUT2D eigenvalue weighted by Gasteiger charge is 2.25. The lowest BCUT2D eigenvalue weighted by Crippen LogP contribution is -2.56. The Kier molecular flexibility index (Phi) is 4.78. The molecule has 4 heteroatoms. The van der Waals surface area contributed by atoms with Gasteiger partial charge < -0.3 is 5.32 Å². The van der Waals surface area contributed by atoms with Crippen molar-refractivity contribution in [2.24, 2.45) is 7.05 Å². The van der Waals surface area contributed by atoms with Crippen molar-refractivity contribution in [3.8, 4) is 0 Å². The number of aryl methyl sites for hydroxylation is 1. The zero-order valence-corrected chi connectivity index (χ0v) is 11.9. The Balaban J connectivity index is 1.90. The maximum absolute atomic E-state index is 4.24. The van der Waals surface area contributed by atoms with Crippen LogP contribution in [0.3, 0.4) is 0 Å². The van der Waals surface area contributed by atoms with Crippen LogP contribution in [0.25, 0.3) is 0 Å². The average molecular weight is 250 g/mol. The highest BCUT2D eigenvalue weighted by Crippen LogP contribution is 2.13. The molecule has 18 heavy (non-hydrogen) atoms. The van der Waals surface area contributed by atoms with Gasteiger partial charge in [0.2, 0.25) is 0 Å². The summed E-state index contributed by atoms with van der Waals surface area (Å²) in [5.74, 6) is 0. The number of hydrogen-bond donors (Lipinski definition) is 1. The van der Waals surface area contributed by atoms with Crippen LogP contribution in [0.2, 0.25) is 0 Å². The summed E-state index contributed by atoms with van der Waals surface area (Å²) in [4.78, 5) is 2.65. The fourth-order valence-corrected chi connectivity index (χ4v) is 2.78. The quantitative estimate of drug-likeness (QED) is 0.858. The topological polar surface area (TPSA) is 33.1 Å². The minimum atomic E-state index is 0.666. The molecule has 0 spiro atoms. The molecule has 1 saturated heterocycles. The number of nitrogens with zero attached hydrogens (tertiary/aromatic N) is 3. The van der Waals surface area contributed by atoms with E-state index in [4.69, 9.17) is 0 Å². The summed E-state index contributed by atoms with van der Waals surface area (Å²) in [7, 11) is 2.03. The van der Waals surface area contributed by atoms with E-state index in [2.05, 4.69) is 35.2 Å². The molecule has 1 aromatic heterocycles. The van der Waals surface area contributed by atoms with E-state index in [0.29, 0.717) is 12.1 Å². The minimum Gasteiger partial charge on any atom is -0.311 e. The molecule has 0 saturated carbocycles. The summed E-state index contributed by atoms with van der Waals surface area (Å²) in [5, 5.41) is 7.88. The van der Waals surface area contributed by atoms with E-state index >= 15 is 0 Å². The fraction of sp³-hybridized carbons (Fsp3) is 0.786. The molecule has 0 aliphatic carbocycles. The van der Waals surface area contributed by atoms with Gasteiger partial charge in [0, 0.05) is 57.1 Å². The number of piperazine rings is 1. The number of aromatic nitrogens is 2. The molecular formula is C14H26N4. The fourth-order valence-electron chi connectivity index (χ4n) is 2.78. The van der Waals surface area contributed by atoms with Crippen LogP contribution in [-0.4, -0.2) is 46.4 Å². The number of nitrogens with one attached hydrogen (secondary N) is 1. The van der Waals surface area contributed by atoms with Crippen molar-refractivity contribution >= 4 is 0 Å². The highest BCUT2D eigenvalue weighted by molar-refractivity contribution is 5.01. The summed E-state index contributed by atoms with van der Waals surface area (Å²) in [5.41, 5.74) is 1.33. The van der Waals surface area contributed by atoms with Crippen LogP contribution < -0.4 is 5.32 Å². The molecule has 1 aliphatic heterocycles. The third-order valence-corrected chi connectivity index (χ3v) is 4.16. The lowest BCUT2D eigenvalue weighted by Gasteiger charge is -2.40. The molecule has 0 amide bonds. The van der Waals surface area contributed by atoms with Crippen molar-refractivity contribution < 1.29 is 0 Å². The summed E-state index contributed by atoms with van der Waals surface area (Å²) in [6, 6.07) is 3.49. The molecule has 0 bridgehead atoms. The standard InChI is InChI=1S/C14H26N4/c1-4-12-11-18(13(5-2)10-15-12)9-7-14-6-8-16-17(14)3/h6,8,12-13,15H,4-5,7,9-11H2,1-3H3. The Bertz CT molecular complexity index is 360. The Hall–Kier alpha value is -0.870. The molecule has 2 unspecified atom stereocenters. The molecule has 1 fully saturated rings. The lowest BCUT2D eigenvalue weighted by molar-refractivity contribution is 0.126. The van der Waals surface area contributed by atoms with E-state index in [0.717, 1.165) is 19.5 Å². The van der Waals surface area contributed by atoms with Crippen molar-refractivity contribution in [3.63, 3.8) is 0 Å². The Labute approximate surface area is 110 Å². The summed E-state index contributed by atoms with van der Waals surface area (Å²) in [6.07, 6.45) is 5.44. The zero-order chi connectivity index (χ0) is 13.0. The van der Waals surface area contributed by atoms with Crippen molar-refractivity contribution in [2.75, 3.05) is 19.6 Å². The van der Waals surface area contributed by atoms with Crippen LogP contribution in [0.15, 0.2) is 12.3 Å². The van der Waals surface area contributed by atoms with Crippen molar-refractivity contribution in [3.05, 3.63) is 18.0 Å². The van der Waals surface area contributed by atoms with E-state index < -0.39 is 0 Å². The first-order chi connectivity index (χ1) is 8.74. The molecule has 1 aliphatic rings. The molecule has 1 N–H and O–H groups in total. The van der Waals surface area contributed by atoms with Gasteiger partial charge in [0.1, 0.15) is 0 Å². The van der Waals surface area contributed by atoms with E-state index in [1.54, 1.807) is 0 Å².